The van der Waals surface area contributed by atoms with E-state index in [0.717, 1.165) is 7.11 Å². The van der Waals surface area contributed by atoms with E-state index in [0.29, 0.717) is 6.07 Å². The quantitative estimate of drug-likeness (QED) is 0.862. The fraction of sp³-hybridized carbons (Fsp3) is 0.500. The molecule has 1 rings (SSSR count). The number of benzene rings is 1. The van der Waals surface area contributed by atoms with Crippen molar-refractivity contribution in [3.05, 3.63) is 28.8 Å². The minimum Gasteiger partial charge on any atom is -0.496 e. The SMILES string of the molecule is COc1cc(C(F)(F)F)cc(C(F)(F)F)c1CCCN. The molecule has 0 aliphatic heterocycles. The van der Waals surface area contributed by atoms with Gasteiger partial charge in [-0.2, -0.15) is 26.3 Å². The number of halogens is 6. The minimum atomic E-state index is -4.89. The zero-order valence-corrected chi connectivity index (χ0v) is 10.5. The molecule has 0 aliphatic rings. The van der Waals surface area contributed by atoms with Gasteiger partial charge < -0.3 is 10.5 Å². The van der Waals surface area contributed by atoms with E-state index in [2.05, 4.69) is 4.74 Å². The van der Waals surface area contributed by atoms with Gasteiger partial charge in [0.1, 0.15) is 5.75 Å². The highest BCUT2D eigenvalue weighted by Gasteiger charge is 2.39. The van der Waals surface area contributed by atoms with Crippen molar-refractivity contribution in [1.29, 1.82) is 0 Å². The molecule has 0 aromatic heterocycles. The number of alkyl halides is 6. The summed E-state index contributed by atoms with van der Waals surface area (Å²) in [5, 5.41) is 0. The highest BCUT2D eigenvalue weighted by molar-refractivity contribution is 5.46. The van der Waals surface area contributed by atoms with Crippen LogP contribution in [0, 0.1) is 0 Å². The second-order valence-corrected chi connectivity index (χ2v) is 4.09. The zero-order chi connectivity index (χ0) is 15.6. The molecule has 0 fully saturated rings. The van der Waals surface area contributed by atoms with E-state index in [1.165, 1.54) is 0 Å². The van der Waals surface area contributed by atoms with Gasteiger partial charge in [-0.25, -0.2) is 0 Å². The lowest BCUT2D eigenvalue weighted by atomic mass is 9.98. The Hall–Kier alpha value is -1.44. The minimum absolute atomic E-state index is 0.105. The van der Waals surface area contributed by atoms with E-state index in [-0.39, 0.29) is 31.0 Å². The van der Waals surface area contributed by atoms with Crippen molar-refractivity contribution in [2.45, 2.75) is 25.2 Å². The summed E-state index contributed by atoms with van der Waals surface area (Å²) in [6, 6.07) is 0.676. The molecule has 114 valence electrons. The summed E-state index contributed by atoms with van der Waals surface area (Å²) in [7, 11) is 1.03. The standard InChI is InChI=1S/C12H13F6NO/c1-20-10-6-7(11(13,14)15)5-9(12(16,17)18)8(10)3-2-4-19/h5-6H,2-4,19H2,1H3. The van der Waals surface area contributed by atoms with E-state index in [9.17, 15) is 26.3 Å². The zero-order valence-electron chi connectivity index (χ0n) is 10.5. The summed E-state index contributed by atoms with van der Waals surface area (Å²) >= 11 is 0. The predicted molar refractivity (Wildman–Crippen MR) is 60.4 cm³/mol. The topological polar surface area (TPSA) is 35.2 Å². The molecular formula is C12H13F6NO. The molecule has 1 aromatic carbocycles. The monoisotopic (exact) mass is 301 g/mol. The van der Waals surface area contributed by atoms with Crippen LogP contribution < -0.4 is 10.5 Å². The molecule has 0 radical (unpaired) electrons. The fourth-order valence-corrected chi connectivity index (χ4v) is 1.78. The third-order valence-electron chi connectivity index (χ3n) is 2.69. The molecule has 0 spiro atoms. The molecule has 0 saturated carbocycles. The van der Waals surface area contributed by atoms with Crippen LogP contribution in [-0.4, -0.2) is 13.7 Å². The lowest BCUT2D eigenvalue weighted by Gasteiger charge is -2.19. The van der Waals surface area contributed by atoms with Crippen molar-refractivity contribution in [2.75, 3.05) is 13.7 Å². The van der Waals surface area contributed by atoms with Crippen LogP contribution in [-0.2, 0) is 18.8 Å². The van der Waals surface area contributed by atoms with Crippen LogP contribution in [0.4, 0.5) is 26.3 Å². The van der Waals surface area contributed by atoms with E-state index in [1.54, 1.807) is 0 Å². The molecule has 0 aliphatic carbocycles. The van der Waals surface area contributed by atoms with Gasteiger partial charge in [-0.3, -0.25) is 0 Å². The number of ether oxygens (including phenoxy) is 1. The second kappa shape index (κ2) is 5.90. The lowest BCUT2D eigenvalue weighted by molar-refractivity contribution is -0.143. The van der Waals surface area contributed by atoms with Crippen molar-refractivity contribution < 1.29 is 31.1 Å². The third kappa shape index (κ3) is 3.78. The molecule has 0 saturated heterocycles. The number of hydrogen-bond acceptors (Lipinski definition) is 2. The van der Waals surface area contributed by atoms with Crippen LogP contribution >= 0.6 is 0 Å². The van der Waals surface area contributed by atoms with Crippen LogP contribution in [0.5, 0.6) is 5.75 Å². The highest BCUT2D eigenvalue weighted by atomic mass is 19.4. The number of methoxy groups -OCH3 is 1. The van der Waals surface area contributed by atoms with Gasteiger partial charge in [0.15, 0.2) is 0 Å². The van der Waals surface area contributed by atoms with Crippen molar-refractivity contribution in [3.8, 4) is 5.75 Å². The maximum absolute atomic E-state index is 12.9. The van der Waals surface area contributed by atoms with Crippen molar-refractivity contribution >= 4 is 0 Å². The first-order valence-corrected chi connectivity index (χ1v) is 5.66. The first-order chi connectivity index (χ1) is 9.11. The fourth-order valence-electron chi connectivity index (χ4n) is 1.78. The Bertz CT molecular complexity index is 466. The van der Waals surface area contributed by atoms with Crippen molar-refractivity contribution in [1.82, 2.24) is 0 Å². The normalized spacial score (nSPS) is 12.6. The van der Waals surface area contributed by atoms with Gasteiger partial charge in [0.25, 0.3) is 0 Å². The molecule has 2 nitrogen and oxygen atoms in total. The van der Waals surface area contributed by atoms with Gasteiger partial charge in [0, 0.05) is 5.56 Å². The Labute approximate surface area is 111 Å². The second-order valence-electron chi connectivity index (χ2n) is 4.09. The molecule has 0 unspecified atom stereocenters. The van der Waals surface area contributed by atoms with Crippen LogP contribution in [0.15, 0.2) is 12.1 Å². The maximum Gasteiger partial charge on any atom is 0.416 e. The summed E-state index contributed by atoms with van der Waals surface area (Å²) in [5.74, 6) is -0.430. The van der Waals surface area contributed by atoms with Gasteiger partial charge in [-0.05, 0) is 31.5 Å². The van der Waals surface area contributed by atoms with E-state index in [4.69, 9.17) is 5.73 Å². The molecule has 8 heteroatoms. The lowest BCUT2D eigenvalue weighted by Crippen LogP contribution is -2.15. The first-order valence-electron chi connectivity index (χ1n) is 5.66. The third-order valence-corrected chi connectivity index (χ3v) is 2.69. The highest BCUT2D eigenvalue weighted by Crippen LogP contribution is 2.41. The first kappa shape index (κ1) is 16.6. The Morgan fingerprint density at radius 2 is 1.65 bits per heavy atom. The summed E-state index contributed by atoms with van der Waals surface area (Å²) in [4.78, 5) is 0. The number of rotatable bonds is 4. The van der Waals surface area contributed by atoms with Gasteiger partial charge in [-0.1, -0.05) is 0 Å². The van der Waals surface area contributed by atoms with Gasteiger partial charge in [-0.15, -0.1) is 0 Å². The Balaban J connectivity index is 3.48. The average Bonchev–Trinajstić information content (AvgIpc) is 2.32. The molecule has 0 atom stereocenters. The molecular weight excluding hydrogens is 288 g/mol. The summed E-state index contributed by atoms with van der Waals surface area (Å²) in [5.41, 5.74) is 2.19. The van der Waals surface area contributed by atoms with Gasteiger partial charge in [0.2, 0.25) is 0 Å². The molecule has 20 heavy (non-hydrogen) atoms. The molecule has 0 bridgehead atoms. The maximum atomic E-state index is 12.9. The smallest absolute Gasteiger partial charge is 0.416 e. The van der Waals surface area contributed by atoms with Crippen LogP contribution in [0.2, 0.25) is 0 Å². The summed E-state index contributed by atoms with van der Waals surface area (Å²) in [6.45, 7) is 0.126. The van der Waals surface area contributed by atoms with Gasteiger partial charge >= 0.3 is 12.4 Å². The molecule has 0 heterocycles. The van der Waals surface area contributed by atoms with E-state index >= 15 is 0 Å². The van der Waals surface area contributed by atoms with Crippen molar-refractivity contribution in [2.24, 2.45) is 5.73 Å². The van der Waals surface area contributed by atoms with E-state index < -0.39 is 29.2 Å². The number of nitrogens with two attached hydrogens (primary N) is 1. The molecule has 2 N–H and O–H groups in total. The van der Waals surface area contributed by atoms with Crippen LogP contribution in [0.1, 0.15) is 23.1 Å². The van der Waals surface area contributed by atoms with Crippen molar-refractivity contribution in [3.63, 3.8) is 0 Å². The largest absolute Gasteiger partial charge is 0.496 e. The summed E-state index contributed by atoms with van der Waals surface area (Å²) < 4.78 is 81.2. The molecule has 1 aromatic rings. The Kier molecular flexibility index (Phi) is 4.90. The Morgan fingerprint density at radius 3 is 2.05 bits per heavy atom. The molecule has 0 amide bonds. The van der Waals surface area contributed by atoms with E-state index in [1.807, 2.05) is 0 Å². The predicted octanol–water partition coefficient (Wildman–Crippen LogP) is 3.62. The average molecular weight is 301 g/mol. The summed E-state index contributed by atoms with van der Waals surface area (Å²) in [6.07, 6.45) is -9.66. The number of hydrogen-bond donors (Lipinski definition) is 1. The van der Waals surface area contributed by atoms with Crippen LogP contribution in [0.25, 0.3) is 0 Å². The Morgan fingerprint density at radius 1 is 1.05 bits per heavy atom. The van der Waals surface area contributed by atoms with Gasteiger partial charge in [0.05, 0.1) is 18.2 Å². The van der Waals surface area contributed by atoms with Crippen LogP contribution in [0.3, 0.4) is 0 Å².